The number of hydrogen-bond acceptors (Lipinski definition) is 4. The van der Waals surface area contributed by atoms with Gasteiger partial charge in [-0.15, -0.1) is 0 Å². The number of halogens is 1. The Morgan fingerprint density at radius 2 is 2.07 bits per heavy atom. The van der Waals surface area contributed by atoms with Crippen molar-refractivity contribution in [3.05, 3.63) is 34.9 Å². The summed E-state index contributed by atoms with van der Waals surface area (Å²) in [5.74, 6) is 0.144. The maximum Gasteiger partial charge on any atom is 0.243 e. The van der Waals surface area contributed by atoms with Gasteiger partial charge in [0.15, 0.2) is 0 Å². The van der Waals surface area contributed by atoms with Crippen LogP contribution in [0, 0.1) is 0 Å². The van der Waals surface area contributed by atoms with E-state index in [1.807, 2.05) is 29.2 Å². The Balaban J connectivity index is 1.53. The number of nitrogens with zero attached hydrogens (tertiary/aromatic N) is 2. The van der Waals surface area contributed by atoms with Gasteiger partial charge in [-0.25, -0.2) is 0 Å². The highest BCUT2D eigenvalue weighted by Crippen LogP contribution is 2.37. The molecule has 1 unspecified atom stereocenters. The standard InChI is InChI=1S/C21H30ClN3O3/c1-28-14-13-24-11-3-8-21(20(24)27)9-4-12-25(21)16-19(26)23-10-7-17-5-2-6-18(22)15-17/h2,5-6,15H,3-4,7-14,16H2,1H3,(H,23,26). The molecule has 2 saturated heterocycles. The lowest BCUT2D eigenvalue weighted by molar-refractivity contribution is -0.149. The minimum Gasteiger partial charge on any atom is -0.383 e. The second-order valence-corrected chi connectivity index (χ2v) is 8.11. The topological polar surface area (TPSA) is 61.9 Å². The summed E-state index contributed by atoms with van der Waals surface area (Å²) in [6.07, 6.45) is 4.35. The van der Waals surface area contributed by atoms with Crippen LogP contribution in [0.4, 0.5) is 0 Å². The Morgan fingerprint density at radius 1 is 1.29 bits per heavy atom. The fraction of sp³-hybridized carbons (Fsp3) is 0.619. The van der Waals surface area contributed by atoms with Crippen molar-refractivity contribution in [3.8, 4) is 0 Å². The van der Waals surface area contributed by atoms with Crippen molar-refractivity contribution in [1.82, 2.24) is 15.1 Å². The van der Waals surface area contributed by atoms with Gasteiger partial charge in [-0.3, -0.25) is 14.5 Å². The molecule has 3 rings (SSSR count). The van der Waals surface area contributed by atoms with Crippen LogP contribution in [0.1, 0.15) is 31.2 Å². The molecule has 0 aliphatic carbocycles. The monoisotopic (exact) mass is 407 g/mol. The third-order valence-corrected chi connectivity index (χ3v) is 6.09. The van der Waals surface area contributed by atoms with Gasteiger partial charge in [0.1, 0.15) is 5.54 Å². The summed E-state index contributed by atoms with van der Waals surface area (Å²) in [7, 11) is 1.65. The number of hydrogen-bond donors (Lipinski definition) is 1. The molecule has 2 aliphatic rings. The zero-order chi connectivity index (χ0) is 20.0. The Hall–Kier alpha value is -1.63. The van der Waals surface area contributed by atoms with E-state index < -0.39 is 5.54 Å². The minimum atomic E-state index is -0.504. The summed E-state index contributed by atoms with van der Waals surface area (Å²) in [6, 6.07) is 7.67. The predicted octanol–water partition coefficient (Wildman–Crippen LogP) is 2.10. The molecule has 7 heteroatoms. The number of nitrogens with one attached hydrogen (secondary N) is 1. The number of carbonyl (C=O) groups excluding carboxylic acids is 2. The fourth-order valence-electron chi connectivity index (χ4n) is 4.44. The van der Waals surface area contributed by atoms with Crippen LogP contribution in [0.5, 0.6) is 0 Å². The van der Waals surface area contributed by atoms with Crippen molar-refractivity contribution in [1.29, 1.82) is 0 Å². The maximum absolute atomic E-state index is 13.2. The smallest absolute Gasteiger partial charge is 0.243 e. The fourth-order valence-corrected chi connectivity index (χ4v) is 4.65. The number of piperidine rings is 1. The van der Waals surface area contributed by atoms with E-state index in [0.29, 0.717) is 24.7 Å². The van der Waals surface area contributed by atoms with Gasteiger partial charge in [0, 0.05) is 31.8 Å². The molecule has 1 spiro atoms. The van der Waals surface area contributed by atoms with Gasteiger partial charge >= 0.3 is 0 Å². The quantitative estimate of drug-likeness (QED) is 0.716. The molecule has 2 aliphatic heterocycles. The largest absolute Gasteiger partial charge is 0.383 e. The molecule has 154 valence electrons. The molecule has 1 atom stereocenters. The highest BCUT2D eigenvalue weighted by Gasteiger charge is 2.50. The highest BCUT2D eigenvalue weighted by atomic mass is 35.5. The van der Waals surface area contributed by atoms with E-state index in [4.69, 9.17) is 16.3 Å². The lowest BCUT2D eigenvalue weighted by Gasteiger charge is -2.44. The lowest BCUT2D eigenvalue weighted by atomic mass is 9.85. The maximum atomic E-state index is 13.2. The van der Waals surface area contributed by atoms with Gasteiger partial charge in [0.2, 0.25) is 11.8 Å². The van der Waals surface area contributed by atoms with Crippen LogP contribution >= 0.6 is 11.6 Å². The van der Waals surface area contributed by atoms with Gasteiger partial charge in [0.25, 0.3) is 0 Å². The van der Waals surface area contributed by atoms with Crippen LogP contribution in [-0.2, 0) is 20.7 Å². The van der Waals surface area contributed by atoms with Crippen LogP contribution in [0.25, 0.3) is 0 Å². The number of rotatable bonds is 8. The Labute approximate surface area is 172 Å². The Morgan fingerprint density at radius 3 is 2.82 bits per heavy atom. The average molecular weight is 408 g/mol. The van der Waals surface area contributed by atoms with Crippen molar-refractivity contribution < 1.29 is 14.3 Å². The van der Waals surface area contributed by atoms with Gasteiger partial charge in [-0.05, 0) is 56.3 Å². The van der Waals surface area contributed by atoms with E-state index in [1.54, 1.807) is 7.11 Å². The first-order chi connectivity index (χ1) is 13.5. The predicted molar refractivity (Wildman–Crippen MR) is 109 cm³/mol. The molecule has 0 bridgehead atoms. The number of likely N-dealkylation sites (tertiary alicyclic amines) is 2. The van der Waals surface area contributed by atoms with Gasteiger partial charge < -0.3 is 15.0 Å². The molecule has 2 amide bonds. The van der Waals surface area contributed by atoms with Crippen molar-refractivity contribution >= 4 is 23.4 Å². The zero-order valence-corrected chi connectivity index (χ0v) is 17.3. The molecular weight excluding hydrogens is 378 g/mol. The van der Waals surface area contributed by atoms with Crippen LogP contribution in [0.15, 0.2) is 24.3 Å². The number of methoxy groups -OCH3 is 1. The second kappa shape index (κ2) is 9.72. The third-order valence-electron chi connectivity index (χ3n) is 5.85. The molecule has 1 N–H and O–H groups in total. The first kappa shape index (κ1) is 21.1. The zero-order valence-electron chi connectivity index (χ0n) is 16.6. The molecule has 0 aromatic heterocycles. The Bertz CT molecular complexity index is 699. The van der Waals surface area contributed by atoms with Gasteiger partial charge in [-0.2, -0.15) is 0 Å². The summed E-state index contributed by atoms with van der Waals surface area (Å²) in [4.78, 5) is 29.7. The molecule has 1 aromatic rings. The van der Waals surface area contributed by atoms with E-state index in [-0.39, 0.29) is 18.4 Å². The number of amides is 2. The minimum absolute atomic E-state index is 0.0230. The molecule has 1 aromatic carbocycles. The van der Waals surface area contributed by atoms with E-state index >= 15 is 0 Å². The molecule has 2 heterocycles. The summed E-state index contributed by atoms with van der Waals surface area (Å²) < 4.78 is 5.14. The summed E-state index contributed by atoms with van der Waals surface area (Å²) in [6.45, 7) is 3.59. The SMILES string of the molecule is COCCN1CCCC2(CCCN2CC(=O)NCCc2cccc(Cl)c2)C1=O. The molecule has 0 saturated carbocycles. The van der Waals surface area contributed by atoms with Crippen LogP contribution in [0.3, 0.4) is 0 Å². The van der Waals surface area contributed by atoms with Gasteiger partial charge in [0.05, 0.1) is 13.2 Å². The van der Waals surface area contributed by atoms with Crippen molar-refractivity contribution in [2.75, 3.05) is 46.4 Å². The van der Waals surface area contributed by atoms with E-state index in [2.05, 4.69) is 10.2 Å². The lowest BCUT2D eigenvalue weighted by Crippen LogP contribution is -2.61. The Kier molecular flexibility index (Phi) is 7.32. The molecule has 28 heavy (non-hydrogen) atoms. The molecular formula is C21H30ClN3O3. The first-order valence-corrected chi connectivity index (χ1v) is 10.5. The van der Waals surface area contributed by atoms with E-state index in [1.165, 1.54) is 0 Å². The van der Waals surface area contributed by atoms with Crippen LogP contribution in [0.2, 0.25) is 5.02 Å². The summed E-state index contributed by atoms with van der Waals surface area (Å²) in [5, 5.41) is 3.70. The second-order valence-electron chi connectivity index (χ2n) is 7.68. The van der Waals surface area contributed by atoms with Crippen molar-refractivity contribution in [2.45, 2.75) is 37.6 Å². The summed E-state index contributed by atoms with van der Waals surface area (Å²) in [5.41, 5.74) is 0.595. The van der Waals surface area contributed by atoms with Crippen molar-refractivity contribution in [2.24, 2.45) is 0 Å². The van der Waals surface area contributed by atoms with Gasteiger partial charge in [-0.1, -0.05) is 23.7 Å². The number of benzene rings is 1. The number of carbonyl (C=O) groups is 2. The molecule has 2 fully saturated rings. The van der Waals surface area contributed by atoms with Crippen LogP contribution in [-0.4, -0.2) is 73.6 Å². The first-order valence-electron chi connectivity index (χ1n) is 10.1. The normalized spacial score (nSPS) is 22.8. The molecule has 6 nitrogen and oxygen atoms in total. The third kappa shape index (κ3) is 4.85. The van der Waals surface area contributed by atoms with E-state index in [0.717, 1.165) is 50.8 Å². The van der Waals surface area contributed by atoms with Crippen molar-refractivity contribution in [3.63, 3.8) is 0 Å². The average Bonchev–Trinajstić information content (AvgIpc) is 3.06. The molecule has 0 radical (unpaired) electrons. The van der Waals surface area contributed by atoms with Crippen LogP contribution < -0.4 is 5.32 Å². The summed E-state index contributed by atoms with van der Waals surface area (Å²) >= 11 is 6.00. The van der Waals surface area contributed by atoms with E-state index in [9.17, 15) is 9.59 Å². The number of ether oxygens (including phenoxy) is 1. The highest BCUT2D eigenvalue weighted by molar-refractivity contribution is 6.30.